The second-order valence-electron chi connectivity index (χ2n) is 3.52. The van der Waals surface area contributed by atoms with E-state index in [2.05, 4.69) is 20.2 Å². The van der Waals surface area contributed by atoms with Gasteiger partial charge in [-0.3, -0.25) is 5.32 Å². The summed E-state index contributed by atoms with van der Waals surface area (Å²) >= 11 is 17.3. The van der Waals surface area contributed by atoms with Crippen molar-refractivity contribution in [3.05, 3.63) is 11.1 Å². The Labute approximate surface area is 143 Å². The molecule has 0 unspecified atom stereocenters. The molecule has 12 heteroatoms. The van der Waals surface area contributed by atoms with E-state index in [1.807, 2.05) is 0 Å². The molecule has 1 heterocycles. The lowest BCUT2D eigenvalue weighted by Crippen LogP contribution is -2.21. The van der Waals surface area contributed by atoms with E-state index in [1.54, 1.807) is 6.92 Å². The van der Waals surface area contributed by atoms with Crippen molar-refractivity contribution in [2.24, 2.45) is 5.16 Å². The Balaban J connectivity index is 2.68. The van der Waals surface area contributed by atoms with Gasteiger partial charge < -0.3 is 14.7 Å². The number of esters is 1. The van der Waals surface area contributed by atoms with Crippen molar-refractivity contribution in [1.29, 1.82) is 0 Å². The highest BCUT2D eigenvalue weighted by Crippen LogP contribution is 2.26. The second kappa shape index (κ2) is 8.37. The van der Waals surface area contributed by atoms with E-state index in [4.69, 9.17) is 44.7 Å². The van der Waals surface area contributed by atoms with Crippen molar-refractivity contribution in [1.82, 2.24) is 4.98 Å². The molecule has 22 heavy (non-hydrogen) atoms. The minimum atomic E-state index is -1.73. The fourth-order valence-corrected chi connectivity index (χ4v) is 1.95. The van der Waals surface area contributed by atoms with E-state index < -0.39 is 22.5 Å². The van der Waals surface area contributed by atoms with Crippen molar-refractivity contribution in [3.63, 3.8) is 0 Å². The molecule has 0 atom stereocenters. The van der Waals surface area contributed by atoms with Gasteiger partial charge in [0, 0.05) is 5.38 Å². The van der Waals surface area contributed by atoms with Crippen LogP contribution < -0.4 is 5.32 Å². The van der Waals surface area contributed by atoms with Gasteiger partial charge in [0.25, 0.3) is 0 Å². The minimum Gasteiger partial charge on any atom is -0.461 e. The molecule has 1 aromatic heterocycles. The average Bonchev–Trinajstić information content (AvgIpc) is 2.85. The van der Waals surface area contributed by atoms with Gasteiger partial charge in [0.2, 0.25) is 9.50 Å². The number of alkyl halides is 3. The Hall–Kier alpha value is -1.29. The number of oxime groups is 1. The molecule has 1 aromatic rings. The quantitative estimate of drug-likeness (QED) is 0.263. The SMILES string of the molecule is CCOC(=O)C(=NO)c1csc(NC(=O)OCC(Cl)(Cl)Cl)n1. The van der Waals surface area contributed by atoms with Crippen molar-refractivity contribution in [2.45, 2.75) is 10.7 Å². The van der Waals surface area contributed by atoms with Crippen LogP contribution in [0.3, 0.4) is 0 Å². The maximum absolute atomic E-state index is 11.5. The summed E-state index contributed by atoms with van der Waals surface area (Å²) in [6.07, 6.45) is -0.897. The Morgan fingerprint density at radius 1 is 1.45 bits per heavy atom. The summed E-state index contributed by atoms with van der Waals surface area (Å²) in [5.74, 6) is -0.847. The van der Waals surface area contributed by atoms with E-state index >= 15 is 0 Å². The van der Waals surface area contributed by atoms with Crippen LogP contribution in [-0.2, 0) is 14.3 Å². The van der Waals surface area contributed by atoms with Gasteiger partial charge in [-0.25, -0.2) is 14.6 Å². The van der Waals surface area contributed by atoms with Gasteiger partial charge in [-0.1, -0.05) is 40.0 Å². The monoisotopic (exact) mass is 389 g/mol. The lowest BCUT2D eigenvalue weighted by molar-refractivity contribution is -0.135. The number of hydrogen-bond acceptors (Lipinski definition) is 8. The number of halogens is 3. The normalized spacial score (nSPS) is 11.9. The first-order valence-corrected chi connectivity index (χ1v) is 7.63. The molecule has 0 radical (unpaired) electrons. The molecular weight excluding hydrogens is 381 g/mol. The van der Waals surface area contributed by atoms with E-state index in [0.717, 1.165) is 11.3 Å². The first-order chi connectivity index (χ1) is 10.3. The molecular formula is C10H10Cl3N3O5S. The number of hydrogen-bond donors (Lipinski definition) is 2. The van der Waals surface area contributed by atoms with Crippen LogP contribution >= 0.6 is 46.1 Å². The fourth-order valence-electron chi connectivity index (χ4n) is 1.11. The van der Waals surface area contributed by atoms with E-state index in [9.17, 15) is 9.59 Å². The standard InChI is InChI=1S/C10H10Cl3N3O5S/c1-2-20-7(17)6(16-19)5-3-22-8(14-5)15-9(18)21-4-10(11,12)13/h3,19H,2,4H2,1H3,(H,14,15,18). The molecule has 0 aliphatic carbocycles. The second-order valence-corrected chi connectivity index (χ2v) is 6.90. The number of amides is 1. The number of ether oxygens (including phenoxy) is 2. The van der Waals surface area contributed by atoms with Crippen LogP contribution in [0.4, 0.5) is 9.93 Å². The third-order valence-corrected chi connectivity index (χ3v) is 2.98. The molecule has 1 amide bonds. The first kappa shape index (κ1) is 18.8. The molecule has 1 rings (SSSR count). The number of anilines is 1. The zero-order valence-corrected chi connectivity index (χ0v) is 14.1. The van der Waals surface area contributed by atoms with Crippen LogP contribution in [0.25, 0.3) is 0 Å². The maximum atomic E-state index is 11.5. The van der Waals surface area contributed by atoms with Crippen molar-refractivity contribution in [3.8, 4) is 0 Å². The summed E-state index contributed by atoms with van der Waals surface area (Å²) in [7, 11) is 0. The highest BCUT2D eigenvalue weighted by molar-refractivity contribution is 7.14. The average molecular weight is 391 g/mol. The predicted octanol–water partition coefficient (Wildman–Crippen LogP) is 2.80. The number of carbonyl (C=O) groups is 2. The minimum absolute atomic E-state index is 0.0302. The van der Waals surface area contributed by atoms with Crippen LogP contribution in [0.5, 0.6) is 0 Å². The number of carbonyl (C=O) groups excluding carboxylic acids is 2. The Morgan fingerprint density at radius 3 is 2.68 bits per heavy atom. The number of aromatic nitrogens is 1. The van der Waals surface area contributed by atoms with Crippen molar-refractivity contribution >= 4 is 69.0 Å². The molecule has 0 saturated carbocycles. The molecule has 122 valence electrons. The van der Waals surface area contributed by atoms with Gasteiger partial charge in [-0.15, -0.1) is 11.3 Å². The molecule has 0 aliphatic heterocycles. The molecule has 0 saturated heterocycles. The Bertz CT molecular complexity index is 572. The summed E-state index contributed by atoms with van der Waals surface area (Å²) in [4.78, 5) is 26.8. The molecule has 0 spiro atoms. The van der Waals surface area contributed by atoms with Crippen LogP contribution in [0, 0.1) is 0 Å². The first-order valence-electron chi connectivity index (χ1n) is 5.62. The third kappa shape index (κ3) is 6.22. The molecule has 2 N–H and O–H groups in total. The van der Waals surface area contributed by atoms with Gasteiger partial charge in [0.05, 0.1) is 6.61 Å². The predicted molar refractivity (Wildman–Crippen MR) is 82.3 cm³/mol. The van der Waals surface area contributed by atoms with E-state index in [-0.39, 0.29) is 23.1 Å². The van der Waals surface area contributed by atoms with E-state index in [1.165, 1.54) is 5.38 Å². The van der Waals surface area contributed by atoms with Gasteiger partial charge in [0.1, 0.15) is 12.3 Å². The zero-order valence-electron chi connectivity index (χ0n) is 11.0. The third-order valence-electron chi connectivity index (χ3n) is 1.89. The largest absolute Gasteiger partial charge is 0.461 e. The maximum Gasteiger partial charge on any atom is 0.413 e. The van der Waals surface area contributed by atoms with Crippen molar-refractivity contribution in [2.75, 3.05) is 18.5 Å². The van der Waals surface area contributed by atoms with Crippen LogP contribution in [0.15, 0.2) is 10.5 Å². The van der Waals surface area contributed by atoms with Crippen LogP contribution in [0.2, 0.25) is 0 Å². The summed E-state index contributed by atoms with van der Waals surface area (Å²) in [6.45, 7) is 1.26. The highest BCUT2D eigenvalue weighted by Gasteiger charge is 2.23. The van der Waals surface area contributed by atoms with Crippen LogP contribution in [0.1, 0.15) is 12.6 Å². The van der Waals surface area contributed by atoms with E-state index in [0.29, 0.717) is 0 Å². The molecule has 0 bridgehead atoms. The summed E-state index contributed by atoms with van der Waals surface area (Å²) < 4.78 is 7.61. The topological polar surface area (TPSA) is 110 Å². The smallest absolute Gasteiger partial charge is 0.413 e. The Morgan fingerprint density at radius 2 is 2.14 bits per heavy atom. The number of nitrogens with zero attached hydrogens (tertiary/aromatic N) is 2. The molecule has 8 nitrogen and oxygen atoms in total. The van der Waals surface area contributed by atoms with Gasteiger partial charge in [0.15, 0.2) is 5.13 Å². The lowest BCUT2D eigenvalue weighted by atomic mass is 10.3. The summed E-state index contributed by atoms with van der Waals surface area (Å²) in [5, 5.41) is 15.4. The Kier molecular flexibility index (Phi) is 7.14. The molecule has 0 fully saturated rings. The van der Waals surface area contributed by atoms with Gasteiger partial charge in [-0.05, 0) is 6.92 Å². The molecule has 0 aromatic carbocycles. The van der Waals surface area contributed by atoms with Crippen LogP contribution in [-0.4, -0.2) is 45.0 Å². The summed E-state index contributed by atoms with van der Waals surface area (Å²) in [5.41, 5.74) is -0.358. The van der Waals surface area contributed by atoms with Crippen molar-refractivity contribution < 1.29 is 24.3 Å². The summed E-state index contributed by atoms with van der Waals surface area (Å²) in [6, 6.07) is 0. The fraction of sp³-hybridized carbons (Fsp3) is 0.400. The lowest BCUT2D eigenvalue weighted by Gasteiger charge is -2.10. The number of nitrogens with one attached hydrogen (secondary N) is 1. The zero-order chi connectivity index (χ0) is 16.8. The van der Waals surface area contributed by atoms with Gasteiger partial charge in [-0.2, -0.15) is 0 Å². The van der Waals surface area contributed by atoms with Gasteiger partial charge >= 0.3 is 12.1 Å². The number of thiazole rings is 1. The molecule has 0 aliphatic rings. The number of rotatable bonds is 5. The highest BCUT2D eigenvalue weighted by atomic mass is 35.6.